The SMILES string of the molecule is Cc1cnc2cccc(C=O)c2n1. The Bertz CT molecular complexity index is 465. The van der Waals surface area contributed by atoms with E-state index in [1.54, 1.807) is 18.3 Å². The van der Waals surface area contributed by atoms with Crippen molar-refractivity contribution in [3.05, 3.63) is 35.7 Å². The number of aldehydes is 1. The zero-order valence-corrected chi connectivity index (χ0v) is 7.19. The number of nitrogens with zero attached hydrogens (tertiary/aromatic N) is 2. The fourth-order valence-electron chi connectivity index (χ4n) is 1.24. The molecule has 3 heteroatoms. The number of benzene rings is 1. The second kappa shape index (κ2) is 2.94. The predicted octanol–water partition coefficient (Wildman–Crippen LogP) is 1.75. The van der Waals surface area contributed by atoms with Crippen molar-refractivity contribution in [3.8, 4) is 0 Å². The van der Waals surface area contributed by atoms with Crippen molar-refractivity contribution in [1.29, 1.82) is 0 Å². The van der Waals surface area contributed by atoms with Gasteiger partial charge in [-0.3, -0.25) is 9.78 Å². The van der Waals surface area contributed by atoms with E-state index in [0.29, 0.717) is 11.1 Å². The summed E-state index contributed by atoms with van der Waals surface area (Å²) in [6.45, 7) is 1.86. The van der Waals surface area contributed by atoms with E-state index in [0.717, 1.165) is 17.5 Å². The van der Waals surface area contributed by atoms with Crippen LogP contribution in [0.4, 0.5) is 0 Å². The Labute approximate surface area is 75.4 Å². The van der Waals surface area contributed by atoms with Crippen LogP contribution in [0.2, 0.25) is 0 Å². The molecule has 0 spiro atoms. The largest absolute Gasteiger partial charge is 0.298 e. The van der Waals surface area contributed by atoms with Gasteiger partial charge in [0.05, 0.1) is 16.7 Å². The average Bonchev–Trinajstić information content (AvgIpc) is 2.17. The molecule has 0 aliphatic rings. The molecule has 1 heterocycles. The van der Waals surface area contributed by atoms with E-state index >= 15 is 0 Å². The summed E-state index contributed by atoms with van der Waals surface area (Å²) in [5, 5.41) is 0. The first-order valence-electron chi connectivity index (χ1n) is 3.99. The van der Waals surface area contributed by atoms with E-state index in [1.165, 1.54) is 0 Å². The van der Waals surface area contributed by atoms with E-state index < -0.39 is 0 Å². The Morgan fingerprint density at radius 1 is 1.38 bits per heavy atom. The average molecular weight is 172 g/mol. The van der Waals surface area contributed by atoms with Crippen LogP contribution in [0.5, 0.6) is 0 Å². The number of fused-ring (bicyclic) bond motifs is 1. The highest BCUT2D eigenvalue weighted by atomic mass is 16.1. The molecule has 0 radical (unpaired) electrons. The molecule has 0 bridgehead atoms. The smallest absolute Gasteiger partial charge is 0.152 e. The van der Waals surface area contributed by atoms with Crippen molar-refractivity contribution in [1.82, 2.24) is 9.97 Å². The van der Waals surface area contributed by atoms with Crippen molar-refractivity contribution >= 4 is 17.3 Å². The molecule has 13 heavy (non-hydrogen) atoms. The second-order valence-corrected chi connectivity index (χ2v) is 2.84. The number of aryl methyl sites for hydroxylation is 1. The molecule has 1 aromatic carbocycles. The van der Waals surface area contributed by atoms with Gasteiger partial charge >= 0.3 is 0 Å². The lowest BCUT2D eigenvalue weighted by atomic mass is 10.2. The molecule has 2 aromatic rings. The Balaban J connectivity index is 2.86. The minimum Gasteiger partial charge on any atom is -0.298 e. The van der Waals surface area contributed by atoms with E-state index in [2.05, 4.69) is 9.97 Å². The van der Waals surface area contributed by atoms with Gasteiger partial charge in [0, 0.05) is 11.8 Å². The lowest BCUT2D eigenvalue weighted by molar-refractivity contribution is 0.112. The molecule has 2 rings (SSSR count). The Kier molecular flexibility index (Phi) is 1.77. The van der Waals surface area contributed by atoms with Gasteiger partial charge in [-0.15, -0.1) is 0 Å². The summed E-state index contributed by atoms with van der Waals surface area (Å²) in [5.74, 6) is 0. The predicted molar refractivity (Wildman–Crippen MR) is 49.7 cm³/mol. The molecule has 64 valence electrons. The van der Waals surface area contributed by atoms with Gasteiger partial charge in [-0.05, 0) is 19.1 Å². The monoisotopic (exact) mass is 172 g/mol. The van der Waals surface area contributed by atoms with Crippen LogP contribution in [-0.4, -0.2) is 16.3 Å². The molecule has 0 amide bonds. The van der Waals surface area contributed by atoms with Crippen LogP contribution in [0.25, 0.3) is 11.0 Å². The van der Waals surface area contributed by atoms with Gasteiger partial charge in [-0.1, -0.05) is 6.07 Å². The number of rotatable bonds is 1. The summed E-state index contributed by atoms with van der Waals surface area (Å²) in [6, 6.07) is 5.38. The lowest BCUT2D eigenvalue weighted by Crippen LogP contribution is -1.91. The topological polar surface area (TPSA) is 42.9 Å². The third-order valence-electron chi connectivity index (χ3n) is 1.85. The van der Waals surface area contributed by atoms with Crippen LogP contribution in [-0.2, 0) is 0 Å². The van der Waals surface area contributed by atoms with Crippen molar-refractivity contribution in [2.24, 2.45) is 0 Å². The van der Waals surface area contributed by atoms with E-state index in [4.69, 9.17) is 0 Å². The number of carbonyl (C=O) groups is 1. The van der Waals surface area contributed by atoms with Gasteiger partial charge in [-0.25, -0.2) is 4.98 Å². The fourth-order valence-corrected chi connectivity index (χ4v) is 1.24. The lowest BCUT2D eigenvalue weighted by Gasteiger charge is -1.99. The fraction of sp³-hybridized carbons (Fsp3) is 0.100. The molecule has 0 unspecified atom stereocenters. The molecule has 0 fully saturated rings. The summed E-state index contributed by atoms with van der Waals surface area (Å²) in [7, 11) is 0. The minimum absolute atomic E-state index is 0.591. The molecule has 0 atom stereocenters. The molecule has 1 aromatic heterocycles. The first kappa shape index (κ1) is 7.86. The van der Waals surface area contributed by atoms with Gasteiger partial charge < -0.3 is 0 Å². The third-order valence-corrected chi connectivity index (χ3v) is 1.85. The summed E-state index contributed by atoms with van der Waals surface area (Å²) in [6.07, 6.45) is 2.49. The Hall–Kier alpha value is -1.77. The number of para-hydroxylation sites is 1. The molecule has 0 aliphatic heterocycles. The second-order valence-electron chi connectivity index (χ2n) is 2.84. The summed E-state index contributed by atoms with van der Waals surface area (Å²) >= 11 is 0. The number of carbonyl (C=O) groups excluding carboxylic acids is 1. The van der Waals surface area contributed by atoms with Gasteiger partial charge in [0.1, 0.15) is 0 Å². The number of hydrogen-bond donors (Lipinski definition) is 0. The highest BCUT2D eigenvalue weighted by Crippen LogP contribution is 2.12. The molecular weight excluding hydrogens is 164 g/mol. The summed E-state index contributed by atoms with van der Waals surface area (Å²) < 4.78 is 0. The molecule has 0 saturated carbocycles. The maximum atomic E-state index is 10.7. The maximum absolute atomic E-state index is 10.7. The Morgan fingerprint density at radius 3 is 3.00 bits per heavy atom. The van der Waals surface area contributed by atoms with E-state index in [1.807, 2.05) is 13.0 Å². The zero-order valence-electron chi connectivity index (χ0n) is 7.19. The molecule has 3 nitrogen and oxygen atoms in total. The molecular formula is C10H8N2O. The van der Waals surface area contributed by atoms with E-state index in [9.17, 15) is 4.79 Å². The highest BCUT2D eigenvalue weighted by Gasteiger charge is 2.01. The van der Waals surface area contributed by atoms with Crippen LogP contribution in [0.3, 0.4) is 0 Å². The third kappa shape index (κ3) is 1.28. The summed E-state index contributed by atoms with van der Waals surface area (Å²) in [5.41, 5.74) is 2.85. The Morgan fingerprint density at radius 2 is 2.23 bits per heavy atom. The quantitative estimate of drug-likeness (QED) is 0.615. The van der Waals surface area contributed by atoms with Crippen molar-refractivity contribution < 1.29 is 4.79 Å². The van der Waals surface area contributed by atoms with Crippen LogP contribution < -0.4 is 0 Å². The standard InChI is InChI=1S/C10H8N2O/c1-7-5-11-9-4-2-3-8(6-13)10(9)12-7/h2-6H,1H3. The minimum atomic E-state index is 0.591. The zero-order chi connectivity index (χ0) is 9.26. The normalized spacial score (nSPS) is 10.2. The van der Waals surface area contributed by atoms with Gasteiger partial charge in [0.15, 0.2) is 6.29 Å². The maximum Gasteiger partial charge on any atom is 0.152 e. The first-order valence-corrected chi connectivity index (χ1v) is 3.99. The molecule has 0 saturated heterocycles. The van der Waals surface area contributed by atoms with Crippen molar-refractivity contribution in [2.75, 3.05) is 0 Å². The van der Waals surface area contributed by atoms with Crippen molar-refractivity contribution in [3.63, 3.8) is 0 Å². The van der Waals surface area contributed by atoms with Crippen molar-refractivity contribution in [2.45, 2.75) is 6.92 Å². The van der Waals surface area contributed by atoms with E-state index in [-0.39, 0.29) is 0 Å². The number of hydrogen-bond acceptors (Lipinski definition) is 3. The molecule has 0 N–H and O–H groups in total. The number of aromatic nitrogens is 2. The van der Waals surface area contributed by atoms with Gasteiger partial charge in [-0.2, -0.15) is 0 Å². The first-order chi connectivity index (χ1) is 6.31. The van der Waals surface area contributed by atoms with Crippen LogP contribution in [0.1, 0.15) is 16.1 Å². The van der Waals surface area contributed by atoms with Crippen LogP contribution in [0.15, 0.2) is 24.4 Å². The highest BCUT2D eigenvalue weighted by molar-refractivity contribution is 5.93. The summed E-state index contributed by atoms with van der Waals surface area (Å²) in [4.78, 5) is 19.1. The molecule has 0 aliphatic carbocycles. The van der Waals surface area contributed by atoms with Crippen LogP contribution in [0, 0.1) is 6.92 Å². The van der Waals surface area contributed by atoms with Crippen LogP contribution >= 0.6 is 0 Å². The van der Waals surface area contributed by atoms with Gasteiger partial charge in [0.25, 0.3) is 0 Å². The van der Waals surface area contributed by atoms with Gasteiger partial charge in [0.2, 0.25) is 0 Å².